The summed E-state index contributed by atoms with van der Waals surface area (Å²) >= 11 is 0. The van der Waals surface area contributed by atoms with Gasteiger partial charge in [0, 0.05) is 18.2 Å². The average molecular weight is 288 g/mol. The molecule has 0 bridgehead atoms. The van der Waals surface area contributed by atoms with Gasteiger partial charge in [-0.3, -0.25) is 10.1 Å². The summed E-state index contributed by atoms with van der Waals surface area (Å²) < 4.78 is 5.31. The van der Waals surface area contributed by atoms with Crippen molar-refractivity contribution in [2.45, 2.75) is 38.8 Å². The van der Waals surface area contributed by atoms with Gasteiger partial charge in [0.2, 0.25) is 0 Å². The lowest BCUT2D eigenvalue weighted by molar-refractivity contribution is -0.145. The van der Waals surface area contributed by atoms with E-state index in [0.717, 1.165) is 5.56 Å². The Morgan fingerprint density at radius 3 is 2.52 bits per heavy atom. The molecule has 0 fully saturated rings. The molecule has 0 aliphatic heterocycles. The molecule has 0 spiro atoms. The van der Waals surface area contributed by atoms with Crippen LogP contribution in [0.25, 0.3) is 11.3 Å². The molecule has 0 aliphatic rings. The van der Waals surface area contributed by atoms with Crippen molar-refractivity contribution >= 4 is 5.97 Å². The van der Waals surface area contributed by atoms with Gasteiger partial charge in [-0.2, -0.15) is 0 Å². The van der Waals surface area contributed by atoms with Crippen molar-refractivity contribution in [2.75, 3.05) is 0 Å². The van der Waals surface area contributed by atoms with E-state index in [-0.39, 0.29) is 0 Å². The molecule has 112 valence electrons. The van der Waals surface area contributed by atoms with Crippen LogP contribution in [-0.4, -0.2) is 21.8 Å². The Morgan fingerprint density at radius 1 is 1.29 bits per heavy atom. The molecular formula is C16H20N2O3. The maximum Gasteiger partial charge on any atom is 0.323 e. The van der Waals surface area contributed by atoms with Crippen molar-refractivity contribution in [1.82, 2.24) is 10.5 Å². The zero-order valence-corrected chi connectivity index (χ0v) is 12.3. The lowest BCUT2D eigenvalue weighted by Crippen LogP contribution is -2.50. The predicted octanol–water partition coefficient (Wildman–Crippen LogP) is 3.07. The first-order chi connectivity index (χ1) is 10.1. The number of carbonyl (C=O) groups is 1. The molecule has 5 nitrogen and oxygen atoms in total. The quantitative estimate of drug-likeness (QED) is 0.819. The first-order valence-electron chi connectivity index (χ1n) is 7.10. The Hall–Kier alpha value is -2.14. The zero-order chi connectivity index (χ0) is 15.3. The molecule has 2 N–H and O–H groups in total. The number of carboxylic acid groups (broad SMARTS) is 1. The van der Waals surface area contributed by atoms with Crippen molar-refractivity contribution < 1.29 is 14.4 Å². The molecule has 5 heteroatoms. The highest BCUT2D eigenvalue weighted by Crippen LogP contribution is 2.21. The molecule has 0 amide bonds. The summed E-state index contributed by atoms with van der Waals surface area (Å²) in [4.78, 5) is 11.4. The van der Waals surface area contributed by atoms with Gasteiger partial charge in [0.15, 0.2) is 5.76 Å². The van der Waals surface area contributed by atoms with Gasteiger partial charge in [-0.15, -0.1) is 0 Å². The van der Waals surface area contributed by atoms with Gasteiger partial charge in [0.05, 0.1) is 5.69 Å². The summed E-state index contributed by atoms with van der Waals surface area (Å²) in [6, 6.07) is 11.5. The van der Waals surface area contributed by atoms with Crippen LogP contribution < -0.4 is 5.32 Å². The van der Waals surface area contributed by atoms with Crippen LogP contribution in [0.5, 0.6) is 0 Å². The van der Waals surface area contributed by atoms with Crippen LogP contribution in [0.15, 0.2) is 40.9 Å². The van der Waals surface area contributed by atoms with Crippen molar-refractivity contribution in [1.29, 1.82) is 0 Å². The third kappa shape index (κ3) is 3.31. The topological polar surface area (TPSA) is 75.4 Å². The standard InChI is InChI=1S/C16H20N2O3/c1-3-16(4-2,15(19)20)17-11-13-10-14(21-18-13)12-8-6-5-7-9-12/h5-10,17H,3-4,11H2,1-2H3,(H,19,20). The van der Waals surface area contributed by atoms with E-state index in [1.54, 1.807) is 0 Å². The van der Waals surface area contributed by atoms with Gasteiger partial charge in [-0.25, -0.2) is 0 Å². The van der Waals surface area contributed by atoms with E-state index >= 15 is 0 Å². The van der Waals surface area contributed by atoms with E-state index in [2.05, 4.69) is 10.5 Å². The average Bonchev–Trinajstić information content (AvgIpc) is 2.98. The second-order valence-corrected chi connectivity index (χ2v) is 5.00. The van der Waals surface area contributed by atoms with Gasteiger partial charge in [0.25, 0.3) is 0 Å². The minimum absolute atomic E-state index is 0.365. The van der Waals surface area contributed by atoms with Crippen molar-refractivity contribution in [3.63, 3.8) is 0 Å². The summed E-state index contributed by atoms with van der Waals surface area (Å²) in [6.45, 7) is 4.09. The van der Waals surface area contributed by atoms with Crippen LogP contribution in [0.3, 0.4) is 0 Å². The molecule has 0 saturated carbocycles. The van der Waals surface area contributed by atoms with Gasteiger partial charge >= 0.3 is 5.97 Å². The molecule has 0 unspecified atom stereocenters. The summed E-state index contributed by atoms with van der Waals surface area (Å²) in [5.41, 5.74) is 0.736. The number of nitrogens with one attached hydrogen (secondary N) is 1. The fraction of sp³-hybridized carbons (Fsp3) is 0.375. The molecule has 2 rings (SSSR count). The summed E-state index contributed by atoms with van der Waals surface area (Å²) in [5.74, 6) is -0.152. The zero-order valence-electron chi connectivity index (χ0n) is 12.3. The van der Waals surface area contributed by atoms with E-state index < -0.39 is 11.5 Å². The number of carboxylic acids is 1. The number of aliphatic carboxylic acids is 1. The molecule has 1 aromatic heterocycles. The minimum atomic E-state index is -0.911. The highest BCUT2D eigenvalue weighted by atomic mass is 16.5. The van der Waals surface area contributed by atoms with Crippen LogP contribution in [0.4, 0.5) is 0 Å². The normalized spacial score (nSPS) is 11.5. The fourth-order valence-electron chi connectivity index (χ4n) is 2.27. The van der Waals surface area contributed by atoms with E-state index in [1.807, 2.05) is 50.2 Å². The maximum absolute atomic E-state index is 11.4. The maximum atomic E-state index is 11.4. The molecule has 0 atom stereocenters. The number of aromatic nitrogens is 1. The minimum Gasteiger partial charge on any atom is -0.480 e. The third-order valence-electron chi connectivity index (χ3n) is 3.84. The summed E-state index contributed by atoms with van der Waals surface area (Å²) in [6.07, 6.45) is 1.03. The first kappa shape index (κ1) is 15.3. The Balaban J connectivity index is 2.08. The van der Waals surface area contributed by atoms with Crippen molar-refractivity contribution in [2.24, 2.45) is 0 Å². The van der Waals surface area contributed by atoms with Gasteiger partial charge in [-0.1, -0.05) is 49.3 Å². The lowest BCUT2D eigenvalue weighted by atomic mass is 9.93. The third-order valence-corrected chi connectivity index (χ3v) is 3.84. The largest absolute Gasteiger partial charge is 0.480 e. The molecule has 0 saturated heterocycles. The summed E-state index contributed by atoms with van der Waals surface area (Å²) in [5, 5.41) is 16.5. The van der Waals surface area contributed by atoms with E-state index in [4.69, 9.17) is 4.52 Å². The molecule has 0 radical (unpaired) electrons. The number of hydrogen-bond acceptors (Lipinski definition) is 4. The van der Waals surface area contributed by atoms with E-state index in [1.165, 1.54) is 0 Å². The second kappa shape index (κ2) is 6.54. The van der Waals surface area contributed by atoms with Crippen LogP contribution in [0.2, 0.25) is 0 Å². The van der Waals surface area contributed by atoms with Gasteiger partial charge in [0.1, 0.15) is 5.54 Å². The van der Waals surface area contributed by atoms with Crippen LogP contribution in [0, 0.1) is 0 Å². The van der Waals surface area contributed by atoms with E-state index in [9.17, 15) is 9.90 Å². The Labute approximate surface area is 124 Å². The van der Waals surface area contributed by atoms with Crippen LogP contribution in [-0.2, 0) is 11.3 Å². The fourth-order valence-corrected chi connectivity index (χ4v) is 2.27. The summed E-state index contributed by atoms with van der Waals surface area (Å²) in [7, 11) is 0. The molecular weight excluding hydrogens is 268 g/mol. The molecule has 2 aromatic rings. The highest BCUT2D eigenvalue weighted by Gasteiger charge is 2.34. The second-order valence-electron chi connectivity index (χ2n) is 5.00. The number of benzene rings is 1. The monoisotopic (exact) mass is 288 g/mol. The van der Waals surface area contributed by atoms with Crippen LogP contribution >= 0.6 is 0 Å². The van der Waals surface area contributed by atoms with Crippen LogP contribution in [0.1, 0.15) is 32.4 Å². The van der Waals surface area contributed by atoms with E-state index in [0.29, 0.717) is 30.8 Å². The highest BCUT2D eigenvalue weighted by molar-refractivity contribution is 5.78. The molecule has 1 aromatic carbocycles. The van der Waals surface area contributed by atoms with Gasteiger partial charge in [-0.05, 0) is 12.8 Å². The predicted molar refractivity (Wildman–Crippen MR) is 79.7 cm³/mol. The molecule has 0 aliphatic carbocycles. The Kier molecular flexibility index (Phi) is 4.75. The lowest BCUT2D eigenvalue weighted by Gasteiger charge is -2.27. The Bertz CT molecular complexity index is 589. The number of hydrogen-bond donors (Lipinski definition) is 2. The SMILES string of the molecule is CCC(CC)(NCc1cc(-c2ccccc2)on1)C(=O)O. The van der Waals surface area contributed by atoms with Crippen molar-refractivity contribution in [3.8, 4) is 11.3 Å². The Morgan fingerprint density at radius 2 is 1.95 bits per heavy atom. The van der Waals surface area contributed by atoms with Crippen molar-refractivity contribution in [3.05, 3.63) is 42.1 Å². The number of nitrogens with zero attached hydrogens (tertiary/aromatic N) is 1. The molecule has 1 heterocycles. The molecule has 21 heavy (non-hydrogen) atoms. The smallest absolute Gasteiger partial charge is 0.323 e. The van der Waals surface area contributed by atoms with Gasteiger partial charge < -0.3 is 9.63 Å². The first-order valence-corrected chi connectivity index (χ1v) is 7.10. The number of rotatable bonds is 7.